The number of rotatable bonds is 7. The van der Waals surface area contributed by atoms with Crippen LogP contribution >= 0.6 is 0 Å². The minimum atomic E-state index is -0.0879. The predicted molar refractivity (Wildman–Crippen MR) is 98.1 cm³/mol. The molecule has 0 saturated carbocycles. The van der Waals surface area contributed by atoms with Crippen LogP contribution < -0.4 is 10.6 Å². The van der Waals surface area contributed by atoms with E-state index < -0.39 is 0 Å². The maximum Gasteiger partial charge on any atom is 0.234 e. The van der Waals surface area contributed by atoms with Crippen LogP contribution in [0.15, 0.2) is 48.8 Å². The lowest BCUT2D eigenvalue weighted by atomic mass is 10.1. The van der Waals surface area contributed by atoms with Crippen LogP contribution in [0.2, 0.25) is 0 Å². The Morgan fingerprint density at radius 2 is 2.08 bits per heavy atom. The van der Waals surface area contributed by atoms with Gasteiger partial charge in [-0.1, -0.05) is 30.3 Å². The van der Waals surface area contributed by atoms with E-state index >= 15 is 0 Å². The Bertz CT molecular complexity index is 637. The van der Waals surface area contributed by atoms with Crippen LogP contribution in [0.4, 0.5) is 0 Å². The minimum absolute atomic E-state index is 0.0574. The van der Waals surface area contributed by atoms with Gasteiger partial charge in [-0.3, -0.25) is 14.4 Å². The van der Waals surface area contributed by atoms with Crippen LogP contribution in [0.1, 0.15) is 24.4 Å². The van der Waals surface area contributed by atoms with Crippen molar-refractivity contribution in [3.8, 4) is 0 Å². The second-order valence-corrected chi connectivity index (χ2v) is 6.66. The molecule has 0 unspecified atom stereocenters. The summed E-state index contributed by atoms with van der Waals surface area (Å²) in [4.78, 5) is 14.8. The van der Waals surface area contributed by atoms with Gasteiger partial charge in [-0.15, -0.1) is 0 Å². The van der Waals surface area contributed by atoms with Crippen LogP contribution in [-0.4, -0.2) is 53.3 Å². The number of piperidine rings is 1. The molecule has 1 aromatic heterocycles. The van der Waals surface area contributed by atoms with Crippen LogP contribution in [0.25, 0.3) is 0 Å². The highest BCUT2D eigenvalue weighted by Crippen LogP contribution is 2.15. The van der Waals surface area contributed by atoms with E-state index in [1.807, 2.05) is 54.3 Å². The molecule has 0 radical (unpaired) electrons. The first-order chi connectivity index (χ1) is 12.2. The number of hydrogen-bond acceptors (Lipinski definition) is 4. The van der Waals surface area contributed by atoms with E-state index in [0.717, 1.165) is 31.5 Å². The molecule has 6 heteroatoms. The van der Waals surface area contributed by atoms with Crippen molar-refractivity contribution < 1.29 is 4.79 Å². The van der Waals surface area contributed by atoms with Gasteiger partial charge in [0.25, 0.3) is 0 Å². The largest absolute Gasteiger partial charge is 0.346 e. The summed E-state index contributed by atoms with van der Waals surface area (Å²) < 4.78 is 1.86. The van der Waals surface area contributed by atoms with Crippen molar-refractivity contribution in [2.45, 2.75) is 31.5 Å². The van der Waals surface area contributed by atoms with E-state index in [2.05, 4.69) is 20.6 Å². The number of hydrogen-bond donors (Lipinski definition) is 2. The van der Waals surface area contributed by atoms with Crippen molar-refractivity contribution in [1.82, 2.24) is 25.3 Å². The molecular weight excluding hydrogens is 314 g/mol. The first kappa shape index (κ1) is 17.6. The average Bonchev–Trinajstić information content (AvgIpc) is 3.16. The number of aromatic nitrogens is 2. The van der Waals surface area contributed by atoms with E-state index in [1.165, 1.54) is 0 Å². The molecule has 2 N–H and O–H groups in total. The Morgan fingerprint density at radius 1 is 1.32 bits per heavy atom. The van der Waals surface area contributed by atoms with Crippen molar-refractivity contribution in [2.75, 3.05) is 26.7 Å². The summed E-state index contributed by atoms with van der Waals surface area (Å²) in [6.45, 7) is 3.11. The zero-order chi connectivity index (χ0) is 17.5. The number of benzene rings is 1. The molecule has 1 aliphatic rings. The van der Waals surface area contributed by atoms with E-state index in [4.69, 9.17) is 0 Å². The van der Waals surface area contributed by atoms with Gasteiger partial charge in [0.05, 0.1) is 19.1 Å². The van der Waals surface area contributed by atoms with Crippen molar-refractivity contribution in [1.29, 1.82) is 0 Å². The molecule has 25 heavy (non-hydrogen) atoms. The van der Waals surface area contributed by atoms with Crippen LogP contribution in [0.3, 0.4) is 0 Å². The van der Waals surface area contributed by atoms with Crippen molar-refractivity contribution in [3.63, 3.8) is 0 Å². The Kier molecular flexibility index (Phi) is 6.19. The molecule has 1 aliphatic heterocycles. The Morgan fingerprint density at radius 3 is 2.76 bits per heavy atom. The molecule has 1 saturated heterocycles. The lowest BCUT2D eigenvalue weighted by Gasteiger charge is -2.31. The Labute approximate surface area is 149 Å². The molecule has 1 atom stereocenters. The lowest BCUT2D eigenvalue weighted by molar-refractivity contribution is -0.123. The van der Waals surface area contributed by atoms with Gasteiger partial charge >= 0.3 is 0 Å². The molecular formula is C19H27N5O. The normalized spacial score (nSPS) is 16.7. The van der Waals surface area contributed by atoms with Gasteiger partial charge in [0.2, 0.25) is 5.91 Å². The van der Waals surface area contributed by atoms with Crippen LogP contribution in [0, 0.1) is 0 Å². The quantitative estimate of drug-likeness (QED) is 0.800. The number of likely N-dealkylation sites (N-methyl/N-ethyl adjacent to an activating group) is 1. The van der Waals surface area contributed by atoms with Gasteiger partial charge in [-0.25, -0.2) is 0 Å². The second kappa shape index (κ2) is 8.78. The predicted octanol–water partition coefficient (Wildman–Crippen LogP) is 1.42. The third-order valence-corrected chi connectivity index (χ3v) is 4.79. The highest BCUT2D eigenvalue weighted by molar-refractivity contribution is 5.78. The number of nitrogens with zero attached hydrogens (tertiary/aromatic N) is 3. The fraction of sp³-hybridized carbons (Fsp3) is 0.474. The molecule has 1 amide bonds. The third kappa shape index (κ3) is 5.14. The van der Waals surface area contributed by atoms with Crippen LogP contribution in [0.5, 0.6) is 0 Å². The van der Waals surface area contributed by atoms with Gasteiger partial charge in [0, 0.05) is 18.4 Å². The SMILES string of the molecule is CN(CC(=O)N[C@@H](Cn1cccn1)c1ccccc1)C1CCNCC1. The maximum atomic E-state index is 12.6. The molecule has 1 fully saturated rings. The van der Waals surface area contributed by atoms with Gasteiger partial charge < -0.3 is 10.6 Å². The fourth-order valence-corrected chi connectivity index (χ4v) is 3.36. The highest BCUT2D eigenvalue weighted by Gasteiger charge is 2.21. The first-order valence-corrected chi connectivity index (χ1v) is 8.95. The van der Waals surface area contributed by atoms with Gasteiger partial charge in [-0.2, -0.15) is 5.10 Å². The van der Waals surface area contributed by atoms with E-state index in [0.29, 0.717) is 19.1 Å². The number of nitrogens with one attached hydrogen (secondary N) is 2. The summed E-state index contributed by atoms with van der Waals surface area (Å²) in [5, 5.41) is 10.8. The number of carbonyl (C=O) groups is 1. The van der Waals surface area contributed by atoms with Gasteiger partial charge in [0.15, 0.2) is 0 Å². The van der Waals surface area contributed by atoms with E-state index in [1.54, 1.807) is 6.20 Å². The summed E-state index contributed by atoms with van der Waals surface area (Å²) in [7, 11) is 2.04. The molecule has 6 nitrogen and oxygen atoms in total. The fourth-order valence-electron chi connectivity index (χ4n) is 3.36. The number of carbonyl (C=O) groups excluding carboxylic acids is 1. The first-order valence-electron chi connectivity index (χ1n) is 8.95. The van der Waals surface area contributed by atoms with Crippen LogP contribution in [-0.2, 0) is 11.3 Å². The summed E-state index contributed by atoms with van der Waals surface area (Å²) in [5.74, 6) is 0.0574. The summed E-state index contributed by atoms with van der Waals surface area (Å²) in [6, 6.07) is 12.4. The van der Waals surface area contributed by atoms with Crippen molar-refractivity contribution >= 4 is 5.91 Å². The second-order valence-electron chi connectivity index (χ2n) is 6.66. The zero-order valence-corrected chi connectivity index (χ0v) is 14.8. The maximum absolute atomic E-state index is 12.6. The van der Waals surface area contributed by atoms with E-state index in [9.17, 15) is 4.79 Å². The summed E-state index contributed by atoms with van der Waals surface area (Å²) in [5.41, 5.74) is 1.09. The molecule has 0 aliphatic carbocycles. The summed E-state index contributed by atoms with van der Waals surface area (Å²) >= 11 is 0. The molecule has 0 bridgehead atoms. The van der Waals surface area contributed by atoms with Crippen molar-refractivity contribution in [3.05, 3.63) is 54.4 Å². The molecule has 3 rings (SSSR count). The third-order valence-electron chi connectivity index (χ3n) is 4.79. The Hall–Kier alpha value is -2.18. The molecule has 2 heterocycles. The minimum Gasteiger partial charge on any atom is -0.346 e. The van der Waals surface area contributed by atoms with Crippen molar-refractivity contribution in [2.24, 2.45) is 0 Å². The molecule has 2 aromatic rings. The molecule has 0 spiro atoms. The number of amides is 1. The van der Waals surface area contributed by atoms with Gasteiger partial charge in [-0.05, 0) is 44.6 Å². The molecule has 134 valence electrons. The Balaban J connectivity index is 1.61. The zero-order valence-electron chi connectivity index (χ0n) is 14.8. The standard InChI is InChI=1S/C19H27N5O/c1-23(17-8-11-20-12-9-17)15-19(25)22-18(14-24-13-5-10-21-24)16-6-3-2-4-7-16/h2-7,10,13,17-18,20H,8-9,11-12,14-15H2,1H3,(H,22,25)/t18-/m0/s1. The topological polar surface area (TPSA) is 62.2 Å². The smallest absolute Gasteiger partial charge is 0.234 e. The monoisotopic (exact) mass is 341 g/mol. The highest BCUT2D eigenvalue weighted by atomic mass is 16.2. The molecule has 1 aromatic carbocycles. The average molecular weight is 341 g/mol. The lowest BCUT2D eigenvalue weighted by Crippen LogP contribution is -2.46. The summed E-state index contributed by atoms with van der Waals surface area (Å²) in [6.07, 6.45) is 5.87. The van der Waals surface area contributed by atoms with Gasteiger partial charge in [0.1, 0.15) is 0 Å². The van der Waals surface area contributed by atoms with E-state index in [-0.39, 0.29) is 11.9 Å².